The summed E-state index contributed by atoms with van der Waals surface area (Å²) in [7, 11) is 2.04. The van der Waals surface area contributed by atoms with E-state index in [4.69, 9.17) is 17.0 Å². The second-order valence-corrected chi connectivity index (χ2v) is 7.78. The molecule has 2 aromatic carbocycles. The molecule has 0 amide bonds. The average molecular weight is 403 g/mol. The Morgan fingerprint density at radius 2 is 2.04 bits per heavy atom. The van der Waals surface area contributed by atoms with Crippen LogP contribution >= 0.6 is 28.1 Å². The largest absolute Gasteiger partial charge is 0.493 e. The Balaban J connectivity index is 1.86. The Morgan fingerprint density at radius 3 is 2.79 bits per heavy atom. The van der Waals surface area contributed by atoms with Crippen molar-refractivity contribution in [2.45, 2.75) is 18.4 Å². The van der Waals surface area contributed by atoms with Crippen LogP contribution < -0.4 is 10.1 Å². The molecular formula is C19H19BrN2OS. The Bertz CT molecular complexity index is 810. The number of ether oxygens (including phenoxy) is 1. The molecule has 1 N–H and O–H groups in total. The lowest BCUT2D eigenvalue weighted by molar-refractivity contribution is 0.288. The van der Waals surface area contributed by atoms with Crippen molar-refractivity contribution in [1.29, 1.82) is 0 Å². The van der Waals surface area contributed by atoms with Crippen LogP contribution in [-0.4, -0.2) is 30.2 Å². The molecule has 4 rings (SSSR count). The maximum atomic E-state index is 5.78. The lowest BCUT2D eigenvalue weighted by atomic mass is 9.82. The maximum absolute atomic E-state index is 5.78. The minimum atomic E-state index is -0.331. The van der Waals surface area contributed by atoms with Gasteiger partial charge in [-0.05, 0) is 66.0 Å². The lowest BCUT2D eigenvalue weighted by Gasteiger charge is -2.31. The SMILES string of the molecule is CN1CC(c2cccc(Br)c2)(c2ccc3c(c2)CCCO3)NC1=S. The summed E-state index contributed by atoms with van der Waals surface area (Å²) in [5.74, 6) is 1.02. The van der Waals surface area contributed by atoms with Crippen LogP contribution in [0.5, 0.6) is 5.75 Å². The van der Waals surface area contributed by atoms with Crippen LogP contribution in [0.25, 0.3) is 0 Å². The van der Waals surface area contributed by atoms with E-state index >= 15 is 0 Å². The fourth-order valence-corrected chi connectivity index (χ4v) is 4.26. The van der Waals surface area contributed by atoms with Crippen LogP contribution in [0.2, 0.25) is 0 Å². The van der Waals surface area contributed by atoms with Crippen LogP contribution in [0.4, 0.5) is 0 Å². The van der Waals surface area contributed by atoms with Crippen molar-refractivity contribution in [2.24, 2.45) is 0 Å². The molecule has 0 aromatic heterocycles. The molecule has 0 spiro atoms. The van der Waals surface area contributed by atoms with Crippen LogP contribution in [0.1, 0.15) is 23.1 Å². The van der Waals surface area contributed by atoms with Crippen molar-refractivity contribution in [1.82, 2.24) is 10.2 Å². The van der Waals surface area contributed by atoms with Gasteiger partial charge in [0.1, 0.15) is 11.3 Å². The number of hydrogen-bond donors (Lipinski definition) is 1. The first-order valence-electron chi connectivity index (χ1n) is 8.14. The number of aryl methyl sites for hydroxylation is 1. The van der Waals surface area contributed by atoms with E-state index in [1.165, 1.54) is 16.7 Å². The molecule has 2 heterocycles. The quantitative estimate of drug-likeness (QED) is 0.771. The minimum Gasteiger partial charge on any atom is -0.493 e. The fourth-order valence-electron chi connectivity index (χ4n) is 3.62. The normalized spacial score (nSPS) is 22.8. The Kier molecular flexibility index (Phi) is 4.01. The predicted molar refractivity (Wildman–Crippen MR) is 104 cm³/mol. The van der Waals surface area contributed by atoms with Crippen molar-refractivity contribution in [3.8, 4) is 5.75 Å². The zero-order chi connectivity index (χ0) is 16.7. The molecule has 3 nitrogen and oxygen atoms in total. The molecule has 5 heteroatoms. The summed E-state index contributed by atoms with van der Waals surface area (Å²) in [6.45, 7) is 1.62. The van der Waals surface area contributed by atoms with E-state index in [0.29, 0.717) is 0 Å². The number of nitrogens with zero attached hydrogens (tertiary/aromatic N) is 1. The summed E-state index contributed by atoms with van der Waals surface area (Å²) in [4.78, 5) is 2.10. The van der Waals surface area contributed by atoms with E-state index in [1.807, 2.05) is 7.05 Å². The first-order chi connectivity index (χ1) is 11.6. The highest BCUT2D eigenvalue weighted by atomic mass is 79.9. The zero-order valence-corrected chi connectivity index (χ0v) is 15.9. The summed E-state index contributed by atoms with van der Waals surface area (Å²) in [6.07, 6.45) is 2.14. The number of halogens is 1. The number of benzene rings is 2. The molecule has 1 fully saturated rings. The van der Waals surface area contributed by atoms with Gasteiger partial charge in [-0.25, -0.2) is 0 Å². The third-order valence-corrected chi connectivity index (χ3v) is 5.77. The first-order valence-corrected chi connectivity index (χ1v) is 9.34. The average Bonchev–Trinajstić information content (AvgIpc) is 2.91. The van der Waals surface area contributed by atoms with Gasteiger partial charge in [0.15, 0.2) is 5.11 Å². The minimum absolute atomic E-state index is 0.331. The molecule has 1 unspecified atom stereocenters. The molecule has 1 atom stereocenters. The molecule has 124 valence electrons. The van der Waals surface area contributed by atoms with E-state index in [2.05, 4.69) is 68.6 Å². The monoisotopic (exact) mass is 402 g/mol. The number of hydrogen-bond acceptors (Lipinski definition) is 2. The molecule has 0 saturated carbocycles. The summed E-state index contributed by atoms with van der Waals surface area (Å²) in [5, 5.41) is 4.36. The van der Waals surface area contributed by atoms with Gasteiger partial charge in [-0.15, -0.1) is 0 Å². The van der Waals surface area contributed by atoms with Gasteiger partial charge in [-0.1, -0.05) is 34.1 Å². The van der Waals surface area contributed by atoms with Gasteiger partial charge in [0.25, 0.3) is 0 Å². The topological polar surface area (TPSA) is 24.5 Å². The number of fused-ring (bicyclic) bond motifs is 1. The second kappa shape index (κ2) is 6.05. The van der Waals surface area contributed by atoms with Crippen molar-refractivity contribution in [3.63, 3.8) is 0 Å². The summed E-state index contributed by atoms with van der Waals surface area (Å²) >= 11 is 9.12. The summed E-state index contributed by atoms with van der Waals surface area (Å²) < 4.78 is 6.85. The van der Waals surface area contributed by atoms with Crippen molar-refractivity contribution >= 4 is 33.3 Å². The molecule has 0 bridgehead atoms. The van der Waals surface area contributed by atoms with Crippen LogP contribution in [0, 0.1) is 0 Å². The second-order valence-electron chi connectivity index (χ2n) is 6.48. The van der Waals surface area contributed by atoms with Crippen LogP contribution in [-0.2, 0) is 12.0 Å². The summed E-state index contributed by atoms with van der Waals surface area (Å²) in [5.41, 5.74) is 3.40. The fraction of sp³-hybridized carbons (Fsp3) is 0.316. The molecular weight excluding hydrogens is 384 g/mol. The Morgan fingerprint density at radius 1 is 1.21 bits per heavy atom. The molecule has 2 aliphatic rings. The lowest BCUT2D eigenvalue weighted by Crippen LogP contribution is -2.41. The number of likely N-dealkylation sites (N-methyl/N-ethyl adjacent to an activating group) is 1. The van der Waals surface area contributed by atoms with Gasteiger partial charge in [0, 0.05) is 11.5 Å². The van der Waals surface area contributed by atoms with E-state index in [0.717, 1.165) is 41.3 Å². The van der Waals surface area contributed by atoms with Crippen molar-refractivity contribution in [2.75, 3.05) is 20.2 Å². The van der Waals surface area contributed by atoms with E-state index in [9.17, 15) is 0 Å². The molecule has 2 aromatic rings. The van der Waals surface area contributed by atoms with Gasteiger partial charge in [-0.2, -0.15) is 0 Å². The molecule has 24 heavy (non-hydrogen) atoms. The highest BCUT2D eigenvalue weighted by Gasteiger charge is 2.42. The van der Waals surface area contributed by atoms with Crippen LogP contribution in [0.3, 0.4) is 0 Å². The molecule has 1 saturated heterocycles. The summed E-state index contributed by atoms with van der Waals surface area (Å²) in [6, 6.07) is 15.0. The first kappa shape index (κ1) is 15.9. The highest BCUT2D eigenvalue weighted by Crippen LogP contribution is 2.38. The molecule has 0 aliphatic carbocycles. The third-order valence-electron chi connectivity index (χ3n) is 4.86. The predicted octanol–water partition coefficient (Wildman–Crippen LogP) is 3.84. The maximum Gasteiger partial charge on any atom is 0.169 e. The van der Waals surface area contributed by atoms with Crippen molar-refractivity contribution in [3.05, 3.63) is 63.6 Å². The van der Waals surface area contributed by atoms with Gasteiger partial charge < -0.3 is 15.0 Å². The number of rotatable bonds is 2. The van der Waals surface area contributed by atoms with Gasteiger partial charge >= 0.3 is 0 Å². The van der Waals surface area contributed by atoms with Gasteiger partial charge in [0.2, 0.25) is 0 Å². The number of nitrogens with one attached hydrogen (secondary N) is 1. The zero-order valence-electron chi connectivity index (χ0n) is 13.5. The number of thiocarbonyl (C=S) groups is 1. The Hall–Kier alpha value is -1.59. The Labute approximate surface area is 156 Å². The van der Waals surface area contributed by atoms with E-state index in [1.54, 1.807) is 0 Å². The highest BCUT2D eigenvalue weighted by molar-refractivity contribution is 9.10. The smallest absolute Gasteiger partial charge is 0.169 e. The van der Waals surface area contributed by atoms with Gasteiger partial charge in [0.05, 0.1) is 13.2 Å². The third kappa shape index (κ3) is 2.60. The molecule has 0 radical (unpaired) electrons. The standard InChI is InChI=1S/C19H19BrN2OS/c1-22-12-19(21-18(22)24,14-5-2-6-16(20)11-14)15-7-8-17-13(10-15)4-3-9-23-17/h2,5-8,10-11H,3-4,9,12H2,1H3,(H,21,24). The van der Waals surface area contributed by atoms with E-state index < -0.39 is 0 Å². The van der Waals surface area contributed by atoms with Crippen molar-refractivity contribution < 1.29 is 4.74 Å². The van der Waals surface area contributed by atoms with Gasteiger partial charge in [-0.3, -0.25) is 0 Å². The molecule has 2 aliphatic heterocycles. The van der Waals surface area contributed by atoms with E-state index in [-0.39, 0.29) is 5.54 Å². The van der Waals surface area contributed by atoms with Crippen LogP contribution in [0.15, 0.2) is 46.9 Å².